The van der Waals surface area contributed by atoms with Crippen LogP contribution in [0.5, 0.6) is 5.75 Å². The summed E-state index contributed by atoms with van der Waals surface area (Å²) < 4.78 is 14.7. The molecule has 2 rings (SSSR count). The molecular formula is C15H15BrFNO. The van der Waals surface area contributed by atoms with E-state index in [-0.39, 0.29) is 11.8 Å². The molecule has 0 aliphatic rings. The Kier molecular flexibility index (Phi) is 4.10. The maximum atomic E-state index is 13.8. The predicted molar refractivity (Wildman–Crippen MR) is 79.0 cm³/mol. The van der Waals surface area contributed by atoms with Crippen LogP contribution in [0.1, 0.15) is 24.1 Å². The number of rotatable bonds is 3. The topological polar surface area (TPSA) is 32.3 Å². The minimum Gasteiger partial charge on any atom is -0.508 e. The number of benzene rings is 2. The molecule has 0 heterocycles. The lowest BCUT2D eigenvalue weighted by atomic mass is 10.1. The van der Waals surface area contributed by atoms with Crippen LogP contribution in [0.2, 0.25) is 0 Å². The third-order valence-electron chi connectivity index (χ3n) is 3.02. The van der Waals surface area contributed by atoms with Gasteiger partial charge in [0.05, 0.1) is 6.04 Å². The lowest BCUT2D eigenvalue weighted by molar-refractivity contribution is 0.467. The zero-order chi connectivity index (χ0) is 14.0. The molecule has 19 heavy (non-hydrogen) atoms. The molecular weight excluding hydrogens is 309 g/mol. The fourth-order valence-corrected chi connectivity index (χ4v) is 2.29. The standard InChI is InChI=1S/C15H15BrFNO/c1-9-3-4-11(16)7-15(9)18-10(2)13-6-5-12(19)8-14(13)17/h3-8,10,18-19H,1-2H3. The van der Waals surface area contributed by atoms with Gasteiger partial charge in [-0.15, -0.1) is 0 Å². The zero-order valence-corrected chi connectivity index (χ0v) is 12.3. The first-order valence-corrected chi connectivity index (χ1v) is 6.78. The summed E-state index contributed by atoms with van der Waals surface area (Å²) in [5.41, 5.74) is 2.57. The van der Waals surface area contributed by atoms with Crippen molar-refractivity contribution in [1.29, 1.82) is 0 Å². The fraction of sp³-hybridized carbons (Fsp3) is 0.200. The van der Waals surface area contributed by atoms with Crippen molar-refractivity contribution >= 4 is 21.6 Å². The third-order valence-corrected chi connectivity index (χ3v) is 3.52. The van der Waals surface area contributed by atoms with E-state index < -0.39 is 5.82 Å². The number of aryl methyl sites for hydroxylation is 1. The molecule has 0 bridgehead atoms. The average molecular weight is 324 g/mol. The lowest BCUT2D eigenvalue weighted by Crippen LogP contribution is -2.09. The van der Waals surface area contributed by atoms with Crippen LogP contribution in [-0.4, -0.2) is 5.11 Å². The second-order valence-corrected chi connectivity index (χ2v) is 5.45. The maximum Gasteiger partial charge on any atom is 0.132 e. The average Bonchev–Trinajstić information content (AvgIpc) is 2.33. The van der Waals surface area contributed by atoms with E-state index in [2.05, 4.69) is 21.2 Å². The Morgan fingerprint density at radius 3 is 2.63 bits per heavy atom. The molecule has 2 nitrogen and oxygen atoms in total. The molecule has 0 saturated heterocycles. The van der Waals surface area contributed by atoms with Gasteiger partial charge in [0.25, 0.3) is 0 Å². The smallest absolute Gasteiger partial charge is 0.132 e. The van der Waals surface area contributed by atoms with E-state index in [1.165, 1.54) is 6.07 Å². The van der Waals surface area contributed by atoms with Gasteiger partial charge in [-0.25, -0.2) is 4.39 Å². The van der Waals surface area contributed by atoms with Crippen LogP contribution >= 0.6 is 15.9 Å². The molecule has 0 aliphatic heterocycles. The van der Waals surface area contributed by atoms with E-state index >= 15 is 0 Å². The van der Waals surface area contributed by atoms with E-state index in [1.807, 2.05) is 32.0 Å². The fourth-order valence-electron chi connectivity index (χ4n) is 1.93. The van der Waals surface area contributed by atoms with Crippen molar-refractivity contribution in [1.82, 2.24) is 0 Å². The highest BCUT2D eigenvalue weighted by Gasteiger charge is 2.12. The van der Waals surface area contributed by atoms with E-state index in [0.29, 0.717) is 5.56 Å². The first-order chi connectivity index (χ1) is 8.97. The van der Waals surface area contributed by atoms with Crippen LogP contribution < -0.4 is 5.32 Å². The van der Waals surface area contributed by atoms with Gasteiger partial charge in [0.2, 0.25) is 0 Å². The second kappa shape index (κ2) is 5.61. The van der Waals surface area contributed by atoms with Gasteiger partial charge in [0.15, 0.2) is 0 Å². The van der Waals surface area contributed by atoms with Gasteiger partial charge in [0, 0.05) is 21.8 Å². The number of aromatic hydroxyl groups is 1. The predicted octanol–water partition coefficient (Wildman–Crippen LogP) is 4.78. The second-order valence-electron chi connectivity index (χ2n) is 4.53. The summed E-state index contributed by atoms with van der Waals surface area (Å²) in [5.74, 6) is -0.472. The van der Waals surface area contributed by atoms with Crippen molar-refractivity contribution < 1.29 is 9.50 Å². The monoisotopic (exact) mass is 323 g/mol. The van der Waals surface area contributed by atoms with Crippen LogP contribution in [-0.2, 0) is 0 Å². The van der Waals surface area contributed by atoms with Crippen molar-refractivity contribution in [2.24, 2.45) is 0 Å². The third kappa shape index (κ3) is 3.26. The number of phenolic OH excluding ortho intramolecular Hbond substituents is 1. The van der Waals surface area contributed by atoms with Crippen molar-refractivity contribution in [2.45, 2.75) is 19.9 Å². The van der Waals surface area contributed by atoms with Crippen LogP contribution in [0.15, 0.2) is 40.9 Å². The molecule has 0 radical (unpaired) electrons. The van der Waals surface area contributed by atoms with Gasteiger partial charge in [-0.3, -0.25) is 0 Å². The van der Waals surface area contributed by atoms with Crippen molar-refractivity contribution in [3.05, 3.63) is 57.8 Å². The number of hydrogen-bond acceptors (Lipinski definition) is 2. The highest BCUT2D eigenvalue weighted by atomic mass is 79.9. The van der Waals surface area contributed by atoms with Gasteiger partial charge in [-0.1, -0.05) is 28.1 Å². The highest BCUT2D eigenvalue weighted by molar-refractivity contribution is 9.10. The van der Waals surface area contributed by atoms with Gasteiger partial charge < -0.3 is 10.4 Å². The summed E-state index contributed by atoms with van der Waals surface area (Å²) in [4.78, 5) is 0. The van der Waals surface area contributed by atoms with Crippen LogP contribution in [0.4, 0.5) is 10.1 Å². The summed E-state index contributed by atoms with van der Waals surface area (Å²) in [5, 5.41) is 12.5. The maximum absolute atomic E-state index is 13.8. The molecule has 4 heteroatoms. The molecule has 1 unspecified atom stereocenters. The Labute approximate surface area is 120 Å². The first-order valence-electron chi connectivity index (χ1n) is 5.98. The van der Waals surface area contributed by atoms with Crippen LogP contribution in [0.3, 0.4) is 0 Å². The van der Waals surface area contributed by atoms with Gasteiger partial charge in [0.1, 0.15) is 11.6 Å². The molecule has 0 amide bonds. The SMILES string of the molecule is Cc1ccc(Br)cc1NC(C)c1ccc(O)cc1F. The Balaban J connectivity index is 2.25. The van der Waals surface area contributed by atoms with E-state index in [4.69, 9.17) is 0 Å². The summed E-state index contributed by atoms with van der Waals surface area (Å²) in [7, 11) is 0. The van der Waals surface area contributed by atoms with E-state index in [1.54, 1.807) is 6.07 Å². The number of phenols is 1. The number of halogens is 2. The summed E-state index contributed by atoms with van der Waals surface area (Å²) in [6, 6.07) is 9.94. The van der Waals surface area contributed by atoms with E-state index in [9.17, 15) is 9.50 Å². The molecule has 0 aliphatic carbocycles. The summed E-state index contributed by atoms with van der Waals surface area (Å²) >= 11 is 3.42. The molecule has 2 aromatic rings. The molecule has 0 aromatic heterocycles. The quantitative estimate of drug-likeness (QED) is 0.852. The number of hydrogen-bond donors (Lipinski definition) is 2. The summed E-state index contributed by atoms with van der Waals surface area (Å²) in [6.07, 6.45) is 0. The Hall–Kier alpha value is -1.55. The van der Waals surface area contributed by atoms with Gasteiger partial charge in [-0.05, 0) is 37.6 Å². The Morgan fingerprint density at radius 1 is 1.21 bits per heavy atom. The first kappa shape index (κ1) is 13.9. The molecule has 1 atom stereocenters. The number of anilines is 1. The van der Waals surface area contributed by atoms with Crippen molar-refractivity contribution in [3.63, 3.8) is 0 Å². The minimum absolute atomic E-state index is 0.0629. The van der Waals surface area contributed by atoms with Gasteiger partial charge in [-0.2, -0.15) is 0 Å². The summed E-state index contributed by atoms with van der Waals surface area (Å²) in [6.45, 7) is 3.88. The number of nitrogens with one attached hydrogen (secondary N) is 1. The Morgan fingerprint density at radius 2 is 1.95 bits per heavy atom. The van der Waals surface area contributed by atoms with Gasteiger partial charge >= 0.3 is 0 Å². The molecule has 0 saturated carbocycles. The molecule has 0 fully saturated rings. The van der Waals surface area contributed by atoms with Crippen molar-refractivity contribution in [2.75, 3.05) is 5.32 Å². The molecule has 0 spiro atoms. The van der Waals surface area contributed by atoms with Crippen LogP contribution in [0, 0.1) is 12.7 Å². The van der Waals surface area contributed by atoms with E-state index in [0.717, 1.165) is 21.8 Å². The normalized spacial score (nSPS) is 12.2. The van der Waals surface area contributed by atoms with Crippen LogP contribution in [0.25, 0.3) is 0 Å². The largest absolute Gasteiger partial charge is 0.508 e. The molecule has 2 aromatic carbocycles. The minimum atomic E-state index is -0.410. The van der Waals surface area contributed by atoms with Crippen molar-refractivity contribution in [3.8, 4) is 5.75 Å². The zero-order valence-electron chi connectivity index (χ0n) is 10.7. The Bertz CT molecular complexity index is 601. The highest BCUT2D eigenvalue weighted by Crippen LogP contribution is 2.27. The molecule has 2 N–H and O–H groups in total. The lowest BCUT2D eigenvalue weighted by Gasteiger charge is -2.18. The molecule has 100 valence electrons.